The van der Waals surface area contributed by atoms with Gasteiger partial charge >= 0.3 is 5.97 Å². The van der Waals surface area contributed by atoms with Gasteiger partial charge in [-0.15, -0.1) is 0 Å². The van der Waals surface area contributed by atoms with E-state index < -0.39 is 11.9 Å². The first-order valence-corrected chi connectivity index (χ1v) is 9.31. The maximum atomic E-state index is 12.7. The van der Waals surface area contributed by atoms with E-state index in [2.05, 4.69) is 15.8 Å². The molecule has 0 saturated heterocycles. The second-order valence-corrected chi connectivity index (χ2v) is 6.44. The van der Waals surface area contributed by atoms with E-state index in [0.29, 0.717) is 34.9 Å². The monoisotopic (exact) mass is 409 g/mol. The van der Waals surface area contributed by atoms with Crippen molar-refractivity contribution in [2.45, 2.75) is 13.8 Å². The number of anilines is 1. The number of esters is 1. The third-order valence-corrected chi connectivity index (χ3v) is 4.22. The number of carbonyl (C=O) groups is 2. The topological polar surface area (TPSA) is 93.5 Å². The maximum absolute atomic E-state index is 12.7. The van der Waals surface area contributed by atoms with E-state index in [9.17, 15) is 9.59 Å². The number of amides is 1. The van der Waals surface area contributed by atoms with Crippen molar-refractivity contribution in [1.82, 2.24) is 10.5 Å². The minimum atomic E-state index is -0.428. The molecule has 8 heteroatoms. The molecular formula is C21H19N3O4S. The molecule has 3 aromatic rings. The van der Waals surface area contributed by atoms with Gasteiger partial charge in [-0.05, 0) is 50.3 Å². The number of nitrogens with one attached hydrogen (secondary N) is 2. The van der Waals surface area contributed by atoms with Gasteiger partial charge < -0.3 is 14.6 Å². The molecule has 0 aliphatic heterocycles. The Labute approximate surface area is 173 Å². The zero-order valence-corrected chi connectivity index (χ0v) is 16.7. The van der Waals surface area contributed by atoms with E-state index in [1.807, 2.05) is 30.3 Å². The summed E-state index contributed by atoms with van der Waals surface area (Å²) in [5, 5.41) is 9.64. The van der Waals surface area contributed by atoms with E-state index in [4.69, 9.17) is 21.5 Å². The molecule has 0 saturated carbocycles. The molecular weight excluding hydrogens is 390 g/mol. The number of rotatable bonds is 5. The average molecular weight is 409 g/mol. The van der Waals surface area contributed by atoms with Crippen molar-refractivity contribution in [3.8, 4) is 11.3 Å². The van der Waals surface area contributed by atoms with Gasteiger partial charge in [0.15, 0.2) is 5.11 Å². The quantitative estimate of drug-likeness (QED) is 0.487. The Hall–Kier alpha value is -3.52. The molecule has 29 heavy (non-hydrogen) atoms. The molecule has 0 bridgehead atoms. The highest BCUT2D eigenvalue weighted by atomic mass is 32.1. The minimum Gasteiger partial charge on any atom is -0.462 e. The molecule has 0 aliphatic carbocycles. The summed E-state index contributed by atoms with van der Waals surface area (Å²) >= 11 is 5.23. The van der Waals surface area contributed by atoms with Crippen molar-refractivity contribution in [2.24, 2.45) is 0 Å². The van der Waals surface area contributed by atoms with Gasteiger partial charge in [-0.1, -0.05) is 35.5 Å². The second-order valence-electron chi connectivity index (χ2n) is 6.03. The second kappa shape index (κ2) is 9.11. The van der Waals surface area contributed by atoms with E-state index in [1.165, 1.54) is 0 Å². The zero-order chi connectivity index (χ0) is 20.8. The van der Waals surface area contributed by atoms with Gasteiger partial charge in [0.25, 0.3) is 5.91 Å². The Morgan fingerprint density at radius 1 is 1.10 bits per heavy atom. The van der Waals surface area contributed by atoms with Crippen molar-refractivity contribution in [3.05, 3.63) is 71.5 Å². The number of benzene rings is 2. The van der Waals surface area contributed by atoms with Gasteiger partial charge in [-0.3, -0.25) is 10.1 Å². The van der Waals surface area contributed by atoms with E-state index in [1.54, 1.807) is 38.1 Å². The van der Waals surface area contributed by atoms with Crippen LogP contribution < -0.4 is 10.6 Å². The molecule has 0 unspecified atom stereocenters. The van der Waals surface area contributed by atoms with Crippen LogP contribution in [-0.2, 0) is 4.74 Å². The first-order valence-electron chi connectivity index (χ1n) is 8.90. The lowest BCUT2D eigenvalue weighted by Gasteiger charge is -2.10. The van der Waals surface area contributed by atoms with Crippen molar-refractivity contribution >= 4 is 34.9 Å². The number of hydrogen-bond donors (Lipinski definition) is 2. The fourth-order valence-electron chi connectivity index (χ4n) is 2.66. The van der Waals surface area contributed by atoms with Crippen molar-refractivity contribution < 1.29 is 18.8 Å². The van der Waals surface area contributed by atoms with Crippen LogP contribution in [0.25, 0.3) is 11.3 Å². The SMILES string of the molecule is CCOC(=O)c1ccc(NC(=S)NC(=O)c2c(-c3ccccc3)noc2C)cc1. The van der Waals surface area contributed by atoms with E-state index >= 15 is 0 Å². The Morgan fingerprint density at radius 3 is 2.45 bits per heavy atom. The van der Waals surface area contributed by atoms with Gasteiger partial charge in [0.05, 0.1) is 12.2 Å². The van der Waals surface area contributed by atoms with Crippen LogP contribution in [-0.4, -0.2) is 28.8 Å². The third-order valence-electron chi connectivity index (χ3n) is 4.02. The predicted octanol–water partition coefficient (Wildman–Crippen LogP) is 3.95. The van der Waals surface area contributed by atoms with Crippen LogP contribution in [0.5, 0.6) is 0 Å². The molecule has 1 amide bonds. The molecule has 0 fully saturated rings. The molecule has 0 atom stereocenters. The molecule has 1 aromatic heterocycles. The van der Waals surface area contributed by atoms with Gasteiger partial charge in [0.1, 0.15) is 17.0 Å². The van der Waals surface area contributed by atoms with E-state index in [0.717, 1.165) is 5.56 Å². The number of aryl methyl sites for hydroxylation is 1. The van der Waals surface area contributed by atoms with Crippen LogP contribution >= 0.6 is 12.2 Å². The van der Waals surface area contributed by atoms with Crippen molar-refractivity contribution in [3.63, 3.8) is 0 Å². The summed E-state index contributed by atoms with van der Waals surface area (Å²) in [7, 11) is 0. The predicted molar refractivity (Wildman–Crippen MR) is 113 cm³/mol. The Bertz CT molecular complexity index is 1030. The Morgan fingerprint density at radius 2 is 1.79 bits per heavy atom. The van der Waals surface area contributed by atoms with Crippen LogP contribution in [0.15, 0.2) is 59.1 Å². The first kappa shape index (κ1) is 20.2. The summed E-state index contributed by atoms with van der Waals surface area (Å²) in [6.45, 7) is 3.72. The van der Waals surface area contributed by atoms with Gasteiger partial charge in [-0.25, -0.2) is 4.79 Å². The molecule has 2 aromatic carbocycles. The van der Waals surface area contributed by atoms with Crippen LogP contribution in [0.4, 0.5) is 5.69 Å². The molecule has 7 nitrogen and oxygen atoms in total. The molecule has 0 aliphatic rings. The summed E-state index contributed by atoms with van der Waals surface area (Å²) in [6, 6.07) is 15.8. The Kier molecular flexibility index (Phi) is 6.36. The molecule has 0 spiro atoms. The normalized spacial score (nSPS) is 10.3. The fraction of sp³-hybridized carbons (Fsp3) is 0.143. The number of nitrogens with zero attached hydrogens (tertiary/aromatic N) is 1. The molecule has 148 valence electrons. The van der Waals surface area contributed by atoms with Gasteiger partial charge in [-0.2, -0.15) is 0 Å². The van der Waals surface area contributed by atoms with E-state index in [-0.39, 0.29) is 5.11 Å². The summed E-state index contributed by atoms with van der Waals surface area (Å²) in [4.78, 5) is 24.4. The number of carbonyl (C=O) groups excluding carboxylic acids is 2. The molecule has 1 heterocycles. The zero-order valence-electron chi connectivity index (χ0n) is 15.9. The number of ether oxygens (including phenoxy) is 1. The number of hydrogen-bond acceptors (Lipinski definition) is 6. The standard InChI is InChI=1S/C21H19N3O4S/c1-3-27-20(26)15-9-11-16(12-10-15)22-21(29)23-19(25)17-13(2)28-24-18(17)14-7-5-4-6-8-14/h4-12H,3H2,1-2H3,(H2,22,23,25,29). The van der Waals surface area contributed by atoms with Crippen LogP contribution in [0.2, 0.25) is 0 Å². The molecule has 3 rings (SSSR count). The van der Waals surface area contributed by atoms with Crippen molar-refractivity contribution in [2.75, 3.05) is 11.9 Å². The van der Waals surface area contributed by atoms with Crippen molar-refractivity contribution in [1.29, 1.82) is 0 Å². The Balaban J connectivity index is 1.68. The average Bonchev–Trinajstić information content (AvgIpc) is 3.11. The number of aromatic nitrogens is 1. The fourth-order valence-corrected chi connectivity index (χ4v) is 2.88. The highest BCUT2D eigenvalue weighted by Gasteiger charge is 2.22. The third kappa shape index (κ3) is 4.85. The van der Waals surface area contributed by atoms with Crippen LogP contribution in [0, 0.1) is 6.92 Å². The highest BCUT2D eigenvalue weighted by Crippen LogP contribution is 2.24. The molecule has 2 N–H and O–H groups in total. The summed E-state index contributed by atoms with van der Waals surface area (Å²) < 4.78 is 10.2. The lowest BCUT2D eigenvalue weighted by molar-refractivity contribution is 0.0526. The van der Waals surface area contributed by atoms with Crippen LogP contribution in [0.3, 0.4) is 0 Å². The lowest BCUT2D eigenvalue weighted by Crippen LogP contribution is -2.34. The summed E-state index contributed by atoms with van der Waals surface area (Å²) in [5.74, 6) is -0.433. The van der Waals surface area contributed by atoms with Crippen LogP contribution in [0.1, 0.15) is 33.4 Å². The minimum absolute atomic E-state index is 0.110. The van der Waals surface area contributed by atoms with Gasteiger partial charge in [0.2, 0.25) is 0 Å². The maximum Gasteiger partial charge on any atom is 0.338 e. The smallest absolute Gasteiger partial charge is 0.338 e. The molecule has 0 radical (unpaired) electrons. The summed E-state index contributed by atoms with van der Waals surface area (Å²) in [5.41, 5.74) is 2.58. The summed E-state index contributed by atoms with van der Waals surface area (Å²) in [6.07, 6.45) is 0. The number of thiocarbonyl (C=S) groups is 1. The van der Waals surface area contributed by atoms with Gasteiger partial charge in [0, 0.05) is 11.3 Å². The lowest BCUT2D eigenvalue weighted by atomic mass is 10.1. The first-order chi connectivity index (χ1) is 14.0. The largest absolute Gasteiger partial charge is 0.462 e. The highest BCUT2D eigenvalue weighted by molar-refractivity contribution is 7.80.